The first kappa shape index (κ1) is 18.0. The van der Waals surface area contributed by atoms with Gasteiger partial charge in [0.1, 0.15) is 0 Å². The summed E-state index contributed by atoms with van der Waals surface area (Å²) in [5.74, 6) is 0.126. The molecule has 1 aromatic rings. The Kier molecular flexibility index (Phi) is 6.27. The molecule has 2 nitrogen and oxygen atoms in total. The Morgan fingerprint density at radius 3 is 2.38 bits per heavy atom. The molecule has 0 spiro atoms. The van der Waals surface area contributed by atoms with Crippen molar-refractivity contribution in [1.82, 2.24) is 0 Å². The summed E-state index contributed by atoms with van der Waals surface area (Å²) in [4.78, 5) is 14.9. The number of carbonyl (C=O) groups is 1. The Morgan fingerprint density at radius 1 is 1.29 bits per heavy atom. The van der Waals surface area contributed by atoms with Crippen LogP contribution in [-0.2, 0) is 4.79 Å². The highest BCUT2D eigenvalue weighted by Crippen LogP contribution is 2.31. The molecule has 0 saturated carbocycles. The molecule has 0 heterocycles. The molecule has 0 aliphatic carbocycles. The van der Waals surface area contributed by atoms with E-state index in [1.165, 1.54) is 0 Å². The van der Waals surface area contributed by atoms with Gasteiger partial charge in [-0.3, -0.25) is 4.79 Å². The number of halogens is 1. The van der Waals surface area contributed by atoms with Gasteiger partial charge in [-0.05, 0) is 37.0 Å². The predicted octanol–water partition coefficient (Wildman–Crippen LogP) is 5.54. The first-order valence-electron chi connectivity index (χ1n) is 7.77. The van der Waals surface area contributed by atoms with Crippen molar-refractivity contribution in [2.45, 2.75) is 60.4 Å². The summed E-state index contributed by atoms with van der Waals surface area (Å²) in [7, 11) is 0. The zero-order valence-corrected chi connectivity index (χ0v) is 14.9. The summed E-state index contributed by atoms with van der Waals surface area (Å²) in [5, 5.41) is 0.664. The van der Waals surface area contributed by atoms with E-state index in [1.807, 2.05) is 36.1 Å². The maximum atomic E-state index is 13.0. The molecule has 1 amide bonds. The zero-order valence-electron chi connectivity index (χ0n) is 14.1. The smallest absolute Gasteiger partial charge is 0.230 e. The number of benzene rings is 1. The van der Waals surface area contributed by atoms with Crippen LogP contribution in [0.4, 0.5) is 5.69 Å². The lowest BCUT2D eigenvalue weighted by Gasteiger charge is -2.36. The third-order valence-corrected chi connectivity index (χ3v) is 4.38. The van der Waals surface area contributed by atoms with E-state index in [0.29, 0.717) is 5.02 Å². The van der Waals surface area contributed by atoms with Crippen LogP contribution in [0.5, 0.6) is 0 Å². The highest BCUT2D eigenvalue weighted by atomic mass is 35.5. The fraction of sp³-hybridized carbons (Fsp3) is 0.611. The van der Waals surface area contributed by atoms with Crippen molar-refractivity contribution in [2.75, 3.05) is 4.90 Å². The molecular weight excluding hydrogens is 282 g/mol. The minimum absolute atomic E-state index is 0.0456. The summed E-state index contributed by atoms with van der Waals surface area (Å²) >= 11 is 6.11. The summed E-state index contributed by atoms with van der Waals surface area (Å²) in [6.07, 6.45) is 2.03. The van der Waals surface area contributed by atoms with E-state index < -0.39 is 0 Å². The monoisotopic (exact) mass is 309 g/mol. The molecular formula is C18H28ClNO. The van der Waals surface area contributed by atoms with E-state index in [0.717, 1.165) is 18.5 Å². The summed E-state index contributed by atoms with van der Waals surface area (Å²) < 4.78 is 0. The van der Waals surface area contributed by atoms with Crippen LogP contribution in [-0.4, -0.2) is 11.9 Å². The van der Waals surface area contributed by atoms with Gasteiger partial charge in [0.15, 0.2) is 0 Å². The van der Waals surface area contributed by atoms with E-state index in [2.05, 4.69) is 34.6 Å². The molecule has 0 aromatic heterocycles. The summed E-state index contributed by atoms with van der Waals surface area (Å²) in [6, 6.07) is 7.75. The predicted molar refractivity (Wildman–Crippen MR) is 91.9 cm³/mol. The van der Waals surface area contributed by atoms with Gasteiger partial charge in [0.2, 0.25) is 5.91 Å². The maximum absolute atomic E-state index is 13.0. The van der Waals surface area contributed by atoms with Gasteiger partial charge in [-0.1, -0.05) is 58.7 Å². The molecule has 0 aliphatic rings. The van der Waals surface area contributed by atoms with Gasteiger partial charge in [0.25, 0.3) is 0 Å². The maximum Gasteiger partial charge on any atom is 0.230 e. The SMILES string of the molecule is CCCC(C)N(C(=O)C(C)C(C)(C)C)c1cccc(Cl)c1. The molecule has 0 fully saturated rings. The van der Waals surface area contributed by atoms with Crippen molar-refractivity contribution in [3.63, 3.8) is 0 Å². The van der Waals surface area contributed by atoms with E-state index >= 15 is 0 Å². The highest BCUT2D eigenvalue weighted by Gasteiger charge is 2.33. The van der Waals surface area contributed by atoms with Gasteiger partial charge in [0, 0.05) is 22.7 Å². The summed E-state index contributed by atoms with van der Waals surface area (Å²) in [5.41, 5.74) is 0.837. The average Bonchev–Trinajstić information content (AvgIpc) is 2.37. The van der Waals surface area contributed by atoms with Gasteiger partial charge in [-0.25, -0.2) is 0 Å². The number of anilines is 1. The average molecular weight is 310 g/mol. The lowest BCUT2D eigenvalue weighted by atomic mass is 9.81. The van der Waals surface area contributed by atoms with Crippen LogP contribution in [0.2, 0.25) is 5.02 Å². The second kappa shape index (κ2) is 7.31. The molecule has 1 aromatic carbocycles. The fourth-order valence-electron chi connectivity index (χ4n) is 2.35. The Hall–Kier alpha value is -1.02. The lowest BCUT2D eigenvalue weighted by molar-refractivity contribution is -0.125. The van der Waals surface area contributed by atoms with Crippen LogP contribution < -0.4 is 4.90 Å². The molecule has 0 bridgehead atoms. The Morgan fingerprint density at radius 2 is 1.90 bits per heavy atom. The van der Waals surface area contributed by atoms with Crippen LogP contribution in [0, 0.1) is 11.3 Å². The zero-order chi connectivity index (χ0) is 16.2. The Bertz CT molecular complexity index is 478. The first-order valence-corrected chi connectivity index (χ1v) is 8.15. The Balaban J connectivity index is 3.17. The van der Waals surface area contributed by atoms with Gasteiger partial charge in [-0.15, -0.1) is 0 Å². The molecule has 2 unspecified atom stereocenters. The molecule has 2 atom stereocenters. The Labute approximate surface area is 134 Å². The number of nitrogens with zero attached hydrogens (tertiary/aromatic N) is 1. The van der Waals surface area contributed by atoms with Crippen molar-refractivity contribution in [3.8, 4) is 0 Å². The van der Waals surface area contributed by atoms with Crippen LogP contribution in [0.3, 0.4) is 0 Å². The van der Waals surface area contributed by atoms with Crippen molar-refractivity contribution >= 4 is 23.2 Å². The van der Waals surface area contributed by atoms with Crippen molar-refractivity contribution < 1.29 is 4.79 Å². The van der Waals surface area contributed by atoms with Crippen molar-refractivity contribution in [2.24, 2.45) is 11.3 Å². The fourth-order valence-corrected chi connectivity index (χ4v) is 2.54. The van der Waals surface area contributed by atoms with Gasteiger partial charge in [-0.2, -0.15) is 0 Å². The van der Waals surface area contributed by atoms with Gasteiger partial charge >= 0.3 is 0 Å². The minimum atomic E-state index is -0.0557. The topological polar surface area (TPSA) is 20.3 Å². The number of hydrogen-bond donors (Lipinski definition) is 0. The van der Waals surface area contributed by atoms with Gasteiger partial charge in [0.05, 0.1) is 0 Å². The molecule has 0 saturated heterocycles. The minimum Gasteiger partial charge on any atom is -0.309 e. The molecule has 1 rings (SSSR count). The normalized spacial score (nSPS) is 14.6. The van der Waals surface area contributed by atoms with Crippen molar-refractivity contribution in [3.05, 3.63) is 29.3 Å². The van der Waals surface area contributed by atoms with E-state index in [9.17, 15) is 4.79 Å². The largest absolute Gasteiger partial charge is 0.309 e. The van der Waals surface area contributed by atoms with E-state index in [1.54, 1.807) is 0 Å². The highest BCUT2D eigenvalue weighted by molar-refractivity contribution is 6.30. The molecule has 0 N–H and O–H groups in total. The molecule has 0 radical (unpaired) electrons. The second-order valence-corrected chi connectivity index (χ2v) is 7.35. The van der Waals surface area contributed by atoms with Crippen LogP contribution in [0.1, 0.15) is 54.4 Å². The second-order valence-electron chi connectivity index (χ2n) is 6.91. The standard InChI is InChI=1S/C18H28ClNO/c1-7-9-13(2)20(16-11-8-10-15(19)12-16)17(21)14(3)18(4,5)6/h8,10-14H,7,9H2,1-6H3. The summed E-state index contributed by atoms with van der Waals surface area (Å²) in [6.45, 7) is 12.6. The molecule has 118 valence electrons. The van der Waals surface area contributed by atoms with Gasteiger partial charge < -0.3 is 4.90 Å². The molecule has 21 heavy (non-hydrogen) atoms. The van der Waals surface area contributed by atoms with Crippen LogP contribution in [0.25, 0.3) is 0 Å². The van der Waals surface area contributed by atoms with E-state index in [-0.39, 0.29) is 23.3 Å². The third-order valence-electron chi connectivity index (χ3n) is 4.14. The molecule has 3 heteroatoms. The first-order chi connectivity index (χ1) is 9.68. The third kappa shape index (κ3) is 4.74. The van der Waals surface area contributed by atoms with Crippen LogP contribution in [0.15, 0.2) is 24.3 Å². The number of amides is 1. The van der Waals surface area contributed by atoms with E-state index in [4.69, 9.17) is 11.6 Å². The quantitative estimate of drug-likeness (QED) is 0.699. The number of carbonyl (C=O) groups excluding carboxylic acids is 1. The van der Waals surface area contributed by atoms with Crippen LogP contribution >= 0.6 is 11.6 Å². The number of hydrogen-bond acceptors (Lipinski definition) is 1. The van der Waals surface area contributed by atoms with Crippen molar-refractivity contribution in [1.29, 1.82) is 0 Å². The molecule has 0 aliphatic heterocycles. The lowest BCUT2D eigenvalue weighted by Crippen LogP contribution is -2.45. The number of rotatable bonds is 5.